The Bertz CT molecular complexity index is 302. The van der Waals surface area contributed by atoms with Crippen LogP contribution in [0.25, 0.3) is 0 Å². The van der Waals surface area contributed by atoms with Crippen LogP contribution in [0.4, 0.5) is 4.39 Å². The van der Waals surface area contributed by atoms with Crippen LogP contribution in [0, 0.1) is 5.82 Å². The van der Waals surface area contributed by atoms with Crippen LogP contribution in [-0.4, -0.2) is 22.7 Å². The molecule has 0 amide bonds. The second-order valence-corrected chi connectivity index (χ2v) is 3.83. The molecule has 0 radical (unpaired) electrons. The van der Waals surface area contributed by atoms with Crippen molar-refractivity contribution in [1.29, 1.82) is 0 Å². The van der Waals surface area contributed by atoms with Crippen LogP contribution < -0.4 is 5.32 Å². The Morgan fingerprint density at radius 3 is 2.62 bits per heavy atom. The quantitative estimate of drug-likeness (QED) is 0.780. The SMILES string of the molecule is CCC(O)CNC(CC)c1ccc(F)cn1. The zero-order valence-electron chi connectivity index (χ0n) is 9.78. The van der Waals surface area contributed by atoms with Crippen LogP contribution in [0.5, 0.6) is 0 Å². The predicted octanol–water partition coefficient (Wildman–Crippen LogP) is 2.03. The molecular formula is C12H19FN2O. The summed E-state index contributed by atoms with van der Waals surface area (Å²) < 4.78 is 12.7. The maximum atomic E-state index is 12.7. The summed E-state index contributed by atoms with van der Waals surface area (Å²) in [6.45, 7) is 4.50. The number of nitrogens with one attached hydrogen (secondary N) is 1. The summed E-state index contributed by atoms with van der Waals surface area (Å²) in [7, 11) is 0. The molecule has 0 aromatic carbocycles. The first-order valence-electron chi connectivity index (χ1n) is 5.70. The zero-order valence-corrected chi connectivity index (χ0v) is 9.78. The van der Waals surface area contributed by atoms with Crippen molar-refractivity contribution in [3.63, 3.8) is 0 Å². The molecule has 0 aliphatic rings. The van der Waals surface area contributed by atoms with Crippen molar-refractivity contribution in [3.05, 3.63) is 29.8 Å². The summed E-state index contributed by atoms with van der Waals surface area (Å²) in [5.74, 6) is -0.327. The van der Waals surface area contributed by atoms with Crippen molar-refractivity contribution >= 4 is 0 Å². The van der Waals surface area contributed by atoms with Gasteiger partial charge in [0.15, 0.2) is 0 Å². The number of aliphatic hydroxyl groups is 1. The molecule has 1 aromatic heterocycles. The highest BCUT2D eigenvalue weighted by Gasteiger charge is 2.11. The van der Waals surface area contributed by atoms with E-state index in [9.17, 15) is 9.50 Å². The third kappa shape index (κ3) is 3.87. The van der Waals surface area contributed by atoms with Crippen LogP contribution in [0.15, 0.2) is 18.3 Å². The van der Waals surface area contributed by atoms with E-state index in [0.717, 1.165) is 18.5 Å². The summed E-state index contributed by atoms with van der Waals surface area (Å²) in [5, 5.41) is 12.7. The first-order chi connectivity index (χ1) is 7.67. The molecule has 2 N–H and O–H groups in total. The van der Waals surface area contributed by atoms with Gasteiger partial charge in [0, 0.05) is 12.6 Å². The minimum Gasteiger partial charge on any atom is -0.392 e. The van der Waals surface area contributed by atoms with Crippen LogP contribution in [0.1, 0.15) is 38.4 Å². The predicted molar refractivity (Wildman–Crippen MR) is 61.5 cm³/mol. The molecule has 0 bridgehead atoms. The minimum absolute atomic E-state index is 0.0711. The van der Waals surface area contributed by atoms with Gasteiger partial charge in [0.25, 0.3) is 0 Å². The third-order valence-corrected chi connectivity index (χ3v) is 2.59. The minimum atomic E-state index is -0.338. The van der Waals surface area contributed by atoms with Gasteiger partial charge in [-0.3, -0.25) is 4.98 Å². The molecular weight excluding hydrogens is 207 g/mol. The van der Waals surface area contributed by atoms with Gasteiger partial charge in [-0.15, -0.1) is 0 Å². The van der Waals surface area contributed by atoms with Crippen LogP contribution in [0.3, 0.4) is 0 Å². The Hall–Kier alpha value is -1.00. The van der Waals surface area contributed by atoms with Gasteiger partial charge in [0.1, 0.15) is 5.82 Å². The van der Waals surface area contributed by atoms with Gasteiger partial charge in [0.2, 0.25) is 0 Å². The topological polar surface area (TPSA) is 45.1 Å². The van der Waals surface area contributed by atoms with Crippen LogP contribution in [0.2, 0.25) is 0 Å². The van der Waals surface area contributed by atoms with E-state index in [4.69, 9.17) is 0 Å². The average Bonchev–Trinajstić information content (AvgIpc) is 2.31. The van der Waals surface area contributed by atoms with E-state index in [-0.39, 0.29) is 18.0 Å². The molecule has 0 aliphatic heterocycles. The lowest BCUT2D eigenvalue weighted by molar-refractivity contribution is 0.162. The monoisotopic (exact) mass is 226 g/mol. The molecule has 0 aliphatic carbocycles. The number of pyridine rings is 1. The molecule has 4 heteroatoms. The fraction of sp³-hybridized carbons (Fsp3) is 0.583. The lowest BCUT2D eigenvalue weighted by atomic mass is 10.1. The number of halogens is 1. The largest absolute Gasteiger partial charge is 0.392 e. The Labute approximate surface area is 95.7 Å². The van der Waals surface area contributed by atoms with Gasteiger partial charge >= 0.3 is 0 Å². The van der Waals surface area contributed by atoms with Gasteiger partial charge in [0.05, 0.1) is 18.0 Å². The molecule has 1 heterocycles. The van der Waals surface area contributed by atoms with Crippen molar-refractivity contribution < 1.29 is 9.50 Å². The standard InChI is InChI=1S/C12H19FN2O/c1-3-10(16)8-15-11(4-2)12-6-5-9(13)7-14-12/h5-7,10-11,15-16H,3-4,8H2,1-2H3. The van der Waals surface area contributed by atoms with Crippen molar-refractivity contribution in [3.8, 4) is 0 Å². The first kappa shape index (κ1) is 13.1. The van der Waals surface area contributed by atoms with Gasteiger partial charge < -0.3 is 10.4 Å². The number of hydrogen-bond donors (Lipinski definition) is 2. The summed E-state index contributed by atoms with van der Waals surface area (Å²) in [5.41, 5.74) is 0.812. The molecule has 3 nitrogen and oxygen atoms in total. The van der Waals surface area contributed by atoms with E-state index < -0.39 is 0 Å². The number of aromatic nitrogens is 1. The van der Waals surface area contributed by atoms with Gasteiger partial charge in [-0.2, -0.15) is 0 Å². The van der Waals surface area contributed by atoms with Gasteiger partial charge in [-0.05, 0) is 25.0 Å². The molecule has 0 fully saturated rings. The molecule has 1 aromatic rings. The van der Waals surface area contributed by atoms with Crippen molar-refractivity contribution in [2.45, 2.75) is 38.8 Å². The Morgan fingerprint density at radius 2 is 2.12 bits per heavy atom. The van der Waals surface area contributed by atoms with Gasteiger partial charge in [-0.1, -0.05) is 13.8 Å². The molecule has 0 saturated heterocycles. The molecule has 16 heavy (non-hydrogen) atoms. The second-order valence-electron chi connectivity index (χ2n) is 3.83. The average molecular weight is 226 g/mol. The Kier molecular flexibility index (Phi) is 5.35. The fourth-order valence-electron chi connectivity index (χ4n) is 1.47. The van der Waals surface area contributed by atoms with E-state index in [1.807, 2.05) is 13.8 Å². The van der Waals surface area contributed by atoms with E-state index in [1.165, 1.54) is 12.3 Å². The maximum Gasteiger partial charge on any atom is 0.141 e. The van der Waals surface area contributed by atoms with E-state index >= 15 is 0 Å². The molecule has 0 saturated carbocycles. The molecule has 0 spiro atoms. The fourth-order valence-corrected chi connectivity index (χ4v) is 1.47. The van der Waals surface area contributed by atoms with Gasteiger partial charge in [-0.25, -0.2) is 4.39 Å². The Morgan fingerprint density at radius 1 is 1.38 bits per heavy atom. The van der Waals surface area contributed by atoms with E-state index in [0.29, 0.717) is 6.54 Å². The highest BCUT2D eigenvalue weighted by Crippen LogP contribution is 2.14. The first-order valence-corrected chi connectivity index (χ1v) is 5.70. The number of rotatable bonds is 6. The third-order valence-electron chi connectivity index (χ3n) is 2.59. The van der Waals surface area contributed by atoms with Crippen molar-refractivity contribution in [2.24, 2.45) is 0 Å². The maximum absolute atomic E-state index is 12.7. The highest BCUT2D eigenvalue weighted by molar-refractivity contribution is 5.09. The van der Waals surface area contributed by atoms with Crippen LogP contribution in [-0.2, 0) is 0 Å². The molecule has 2 unspecified atom stereocenters. The number of nitrogens with zero attached hydrogens (tertiary/aromatic N) is 1. The zero-order chi connectivity index (χ0) is 12.0. The number of hydrogen-bond acceptors (Lipinski definition) is 3. The summed E-state index contributed by atoms with van der Waals surface area (Å²) in [4.78, 5) is 4.03. The van der Waals surface area contributed by atoms with Crippen LogP contribution >= 0.6 is 0 Å². The summed E-state index contributed by atoms with van der Waals surface area (Å²) in [6.07, 6.45) is 2.46. The van der Waals surface area contributed by atoms with Crippen molar-refractivity contribution in [1.82, 2.24) is 10.3 Å². The second kappa shape index (κ2) is 6.55. The summed E-state index contributed by atoms with van der Waals surface area (Å²) in [6, 6.07) is 3.15. The summed E-state index contributed by atoms with van der Waals surface area (Å²) >= 11 is 0. The lowest BCUT2D eigenvalue weighted by Gasteiger charge is -2.18. The van der Waals surface area contributed by atoms with E-state index in [2.05, 4.69) is 10.3 Å². The lowest BCUT2D eigenvalue weighted by Crippen LogP contribution is -2.30. The van der Waals surface area contributed by atoms with E-state index in [1.54, 1.807) is 6.07 Å². The van der Waals surface area contributed by atoms with Crippen molar-refractivity contribution in [2.75, 3.05) is 6.54 Å². The molecule has 1 rings (SSSR count). The molecule has 2 atom stereocenters. The Balaban J connectivity index is 2.57. The normalized spacial score (nSPS) is 14.8. The smallest absolute Gasteiger partial charge is 0.141 e. The molecule has 90 valence electrons. The number of aliphatic hydroxyl groups excluding tert-OH is 1. The highest BCUT2D eigenvalue weighted by atomic mass is 19.1.